The Balaban J connectivity index is 0.00000280. The lowest BCUT2D eigenvalue weighted by atomic mass is 9.83. The second kappa shape index (κ2) is 11.7. The molecule has 3 N–H and O–H groups in total. The van der Waals surface area contributed by atoms with Gasteiger partial charge in [-0.2, -0.15) is 0 Å². The number of guanidine groups is 1. The van der Waals surface area contributed by atoms with Crippen LogP contribution in [0.3, 0.4) is 0 Å². The van der Waals surface area contributed by atoms with Gasteiger partial charge in [0.15, 0.2) is 5.96 Å². The first-order valence-electron chi connectivity index (χ1n) is 10.2. The monoisotopic (exact) mass is 498 g/mol. The van der Waals surface area contributed by atoms with Crippen molar-refractivity contribution in [1.29, 1.82) is 0 Å². The minimum Gasteiger partial charge on any atom is -0.385 e. The van der Waals surface area contributed by atoms with Crippen LogP contribution in [-0.2, 0) is 11.2 Å². The largest absolute Gasteiger partial charge is 0.385 e. The highest BCUT2D eigenvalue weighted by molar-refractivity contribution is 14.0. The van der Waals surface area contributed by atoms with Crippen LogP contribution in [0.2, 0.25) is 0 Å². The lowest BCUT2D eigenvalue weighted by Crippen LogP contribution is -2.43. The summed E-state index contributed by atoms with van der Waals surface area (Å²) >= 11 is 0. The van der Waals surface area contributed by atoms with Crippen molar-refractivity contribution >= 4 is 40.8 Å². The Morgan fingerprint density at radius 1 is 1.21 bits per heavy atom. The average molecular weight is 498 g/mol. The Morgan fingerprint density at radius 3 is 2.75 bits per heavy atom. The number of fused-ring (bicyclic) bond motifs is 1. The zero-order valence-electron chi connectivity index (χ0n) is 17.2. The first-order valence-corrected chi connectivity index (χ1v) is 10.2. The van der Waals surface area contributed by atoms with E-state index in [-0.39, 0.29) is 24.0 Å². The Labute approximate surface area is 186 Å². The Morgan fingerprint density at radius 2 is 2.00 bits per heavy atom. The number of nitrogens with one attached hydrogen (secondary N) is 3. The van der Waals surface area contributed by atoms with E-state index < -0.39 is 0 Å². The van der Waals surface area contributed by atoms with Crippen LogP contribution in [0.5, 0.6) is 0 Å². The maximum Gasteiger partial charge on any atom is 0.190 e. The molecule has 0 unspecified atom stereocenters. The molecule has 0 saturated heterocycles. The summed E-state index contributed by atoms with van der Waals surface area (Å²) in [5.41, 5.74) is 2.98. The molecule has 2 aromatic rings. The number of hydrogen-bond acceptors (Lipinski definition) is 2. The molecule has 1 fully saturated rings. The lowest BCUT2D eigenvalue weighted by Gasteiger charge is -2.30. The molecule has 0 amide bonds. The van der Waals surface area contributed by atoms with Crippen LogP contribution in [0.25, 0.3) is 10.9 Å². The van der Waals surface area contributed by atoms with E-state index in [9.17, 15) is 0 Å². The Bertz CT molecular complexity index is 737. The third-order valence-corrected chi connectivity index (χ3v) is 5.95. The summed E-state index contributed by atoms with van der Waals surface area (Å²) in [6, 6.07) is 8.50. The molecule has 1 aliphatic carbocycles. The fourth-order valence-corrected chi connectivity index (χ4v) is 4.27. The van der Waals surface area contributed by atoms with Crippen LogP contribution < -0.4 is 10.6 Å². The summed E-state index contributed by atoms with van der Waals surface area (Å²) in [6.45, 7) is 2.75. The zero-order chi connectivity index (χ0) is 19.0. The normalized spacial score (nSPS) is 16.1. The van der Waals surface area contributed by atoms with E-state index in [1.807, 2.05) is 7.05 Å². The standard InChI is InChI=1S/C22H34N4O.HI/c1-23-21(26-17-22(13-15-27-2)11-5-6-12-22)24-14-7-8-18-16-25-20-10-4-3-9-19(18)20;/h3-4,9-10,16,25H,5-8,11-15,17H2,1-2H3,(H2,23,24,26);1H. The van der Waals surface area contributed by atoms with Crippen molar-refractivity contribution < 1.29 is 4.74 Å². The van der Waals surface area contributed by atoms with Crippen molar-refractivity contribution in [1.82, 2.24) is 15.6 Å². The molecule has 0 spiro atoms. The Hall–Kier alpha value is -1.28. The summed E-state index contributed by atoms with van der Waals surface area (Å²) in [4.78, 5) is 7.76. The predicted molar refractivity (Wildman–Crippen MR) is 129 cm³/mol. The van der Waals surface area contributed by atoms with Crippen LogP contribution in [0.15, 0.2) is 35.5 Å². The van der Waals surface area contributed by atoms with Crippen LogP contribution in [0, 0.1) is 5.41 Å². The number of aromatic amines is 1. The number of benzene rings is 1. The van der Waals surface area contributed by atoms with Crippen molar-refractivity contribution in [3.63, 3.8) is 0 Å². The maximum absolute atomic E-state index is 5.33. The smallest absolute Gasteiger partial charge is 0.190 e. The van der Waals surface area contributed by atoms with Gasteiger partial charge in [-0.15, -0.1) is 24.0 Å². The molecule has 1 aliphatic rings. The number of rotatable bonds is 9. The van der Waals surface area contributed by atoms with Gasteiger partial charge in [0.25, 0.3) is 0 Å². The first kappa shape index (κ1) is 23.0. The van der Waals surface area contributed by atoms with E-state index in [1.165, 1.54) is 42.1 Å². The SMILES string of the molecule is CN=C(NCCCc1c[nH]c2ccccc12)NCC1(CCOC)CCCC1.I. The number of aryl methyl sites for hydroxylation is 1. The van der Waals surface area contributed by atoms with Gasteiger partial charge in [-0.25, -0.2) is 0 Å². The van der Waals surface area contributed by atoms with Crippen LogP contribution in [0.1, 0.15) is 44.1 Å². The van der Waals surface area contributed by atoms with Gasteiger partial charge < -0.3 is 20.4 Å². The van der Waals surface area contributed by atoms with Crippen LogP contribution >= 0.6 is 24.0 Å². The fourth-order valence-electron chi connectivity index (χ4n) is 4.27. The number of H-pyrrole nitrogens is 1. The molecule has 1 aromatic carbocycles. The number of hydrogen-bond donors (Lipinski definition) is 3. The van der Waals surface area contributed by atoms with E-state index in [2.05, 4.69) is 51.1 Å². The fraction of sp³-hybridized carbons (Fsp3) is 0.591. The summed E-state index contributed by atoms with van der Waals surface area (Å²) in [7, 11) is 3.65. The second-order valence-corrected chi connectivity index (χ2v) is 7.77. The van der Waals surface area contributed by atoms with Gasteiger partial charge in [0.05, 0.1) is 0 Å². The minimum atomic E-state index is 0. The summed E-state index contributed by atoms with van der Waals surface area (Å²) in [5.74, 6) is 0.914. The quantitative estimate of drug-likeness (QED) is 0.207. The van der Waals surface area contributed by atoms with Gasteiger partial charge in [-0.3, -0.25) is 4.99 Å². The molecule has 1 aromatic heterocycles. The molecular weight excluding hydrogens is 463 g/mol. The third-order valence-electron chi connectivity index (χ3n) is 5.95. The van der Waals surface area contributed by atoms with E-state index in [4.69, 9.17) is 4.74 Å². The highest BCUT2D eigenvalue weighted by Gasteiger charge is 2.33. The third kappa shape index (κ3) is 6.11. The van der Waals surface area contributed by atoms with Gasteiger partial charge in [0.1, 0.15) is 0 Å². The number of para-hydroxylation sites is 1. The summed E-state index contributed by atoms with van der Waals surface area (Å²) < 4.78 is 5.33. The minimum absolute atomic E-state index is 0. The molecule has 1 saturated carbocycles. The lowest BCUT2D eigenvalue weighted by molar-refractivity contribution is 0.138. The molecule has 6 heteroatoms. The number of ether oxygens (including phenoxy) is 1. The average Bonchev–Trinajstić information content (AvgIpc) is 3.34. The number of aliphatic imine (C=N–C) groups is 1. The predicted octanol–water partition coefficient (Wildman–Crippen LogP) is 4.48. The second-order valence-electron chi connectivity index (χ2n) is 7.77. The van der Waals surface area contributed by atoms with Crippen molar-refractivity contribution in [3.05, 3.63) is 36.0 Å². The summed E-state index contributed by atoms with van der Waals surface area (Å²) in [6.07, 6.45) is 10.7. The summed E-state index contributed by atoms with van der Waals surface area (Å²) in [5, 5.41) is 8.37. The van der Waals surface area contributed by atoms with Gasteiger partial charge in [-0.05, 0) is 49.1 Å². The first-order chi connectivity index (χ1) is 13.3. The zero-order valence-corrected chi connectivity index (χ0v) is 19.6. The molecule has 0 atom stereocenters. The van der Waals surface area contributed by atoms with E-state index in [0.717, 1.165) is 44.9 Å². The van der Waals surface area contributed by atoms with Crippen LogP contribution in [0.4, 0.5) is 0 Å². The molecule has 1 heterocycles. The van der Waals surface area contributed by atoms with Gasteiger partial charge >= 0.3 is 0 Å². The molecule has 0 aliphatic heterocycles. The molecule has 5 nitrogen and oxygen atoms in total. The molecule has 156 valence electrons. The van der Waals surface area contributed by atoms with Gasteiger partial charge in [0.2, 0.25) is 0 Å². The topological polar surface area (TPSA) is 61.4 Å². The van der Waals surface area contributed by atoms with Crippen molar-refractivity contribution in [2.45, 2.75) is 44.9 Å². The number of methoxy groups -OCH3 is 1. The van der Waals surface area contributed by atoms with Crippen molar-refractivity contribution in [2.24, 2.45) is 10.4 Å². The van der Waals surface area contributed by atoms with Crippen molar-refractivity contribution in [3.8, 4) is 0 Å². The molecule has 0 radical (unpaired) electrons. The number of nitrogens with zero attached hydrogens (tertiary/aromatic N) is 1. The molecule has 28 heavy (non-hydrogen) atoms. The van der Waals surface area contributed by atoms with Gasteiger partial charge in [0, 0.05) is 51.0 Å². The van der Waals surface area contributed by atoms with E-state index in [1.54, 1.807) is 7.11 Å². The number of halogens is 1. The molecule has 0 bridgehead atoms. The van der Waals surface area contributed by atoms with Gasteiger partial charge in [-0.1, -0.05) is 31.0 Å². The van der Waals surface area contributed by atoms with E-state index in [0.29, 0.717) is 5.41 Å². The maximum atomic E-state index is 5.33. The van der Waals surface area contributed by atoms with E-state index >= 15 is 0 Å². The molecule has 3 rings (SSSR count). The van der Waals surface area contributed by atoms with Crippen LogP contribution in [-0.4, -0.2) is 44.8 Å². The highest BCUT2D eigenvalue weighted by Crippen LogP contribution is 2.40. The molecular formula is C22H35IN4O. The van der Waals surface area contributed by atoms with Crippen molar-refractivity contribution in [2.75, 3.05) is 33.9 Å². The Kier molecular flexibility index (Phi) is 9.58. The number of aromatic nitrogens is 1. The highest BCUT2D eigenvalue weighted by atomic mass is 127.